The highest BCUT2D eigenvalue weighted by molar-refractivity contribution is 6.04. The van der Waals surface area contributed by atoms with Crippen molar-refractivity contribution in [2.24, 2.45) is 0 Å². The Balaban J connectivity index is 1.71. The molecule has 3 rings (SSSR count). The van der Waals surface area contributed by atoms with Gasteiger partial charge in [-0.3, -0.25) is 4.79 Å². The van der Waals surface area contributed by atoms with E-state index in [-0.39, 0.29) is 17.9 Å². The highest BCUT2D eigenvalue weighted by Gasteiger charge is 2.13. The van der Waals surface area contributed by atoms with E-state index < -0.39 is 17.5 Å². The molecule has 1 amide bonds. The predicted molar refractivity (Wildman–Crippen MR) is 91.1 cm³/mol. The summed E-state index contributed by atoms with van der Waals surface area (Å²) in [6, 6.07) is 9.40. The molecular weight excluding hydrogens is 342 g/mol. The van der Waals surface area contributed by atoms with Crippen LogP contribution in [0.3, 0.4) is 0 Å². The van der Waals surface area contributed by atoms with Crippen molar-refractivity contribution in [3.63, 3.8) is 0 Å². The maximum Gasteiger partial charge on any atom is 0.255 e. The Labute approximate surface area is 148 Å². The second kappa shape index (κ2) is 7.35. The summed E-state index contributed by atoms with van der Waals surface area (Å²) in [6.45, 7) is 3.86. The number of halogens is 2. The Kier molecular flexibility index (Phi) is 4.97. The molecule has 0 aliphatic rings. The average molecular weight is 358 g/mol. The van der Waals surface area contributed by atoms with E-state index in [4.69, 9.17) is 9.26 Å². The van der Waals surface area contributed by atoms with E-state index in [1.807, 2.05) is 6.92 Å². The number of benzene rings is 2. The van der Waals surface area contributed by atoms with Crippen LogP contribution in [0.2, 0.25) is 0 Å². The molecule has 7 heteroatoms. The van der Waals surface area contributed by atoms with Crippen molar-refractivity contribution in [2.45, 2.75) is 20.5 Å². The molecule has 1 aromatic heterocycles. The average Bonchev–Trinajstić information content (AvgIpc) is 2.94. The normalized spacial score (nSPS) is 10.6. The molecule has 5 nitrogen and oxygen atoms in total. The van der Waals surface area contributed by atoms with Gasteiger partial charge < -0.3 is 14.6 Å². The molecule has 0 bridgehead atoms. The second-order valence-corrected chi connectivity index (χ2v) is 5.70. The molecule has 0 unspecified atom stereocenters. The highest BCUT2D eigenvalue weighted by Crippen LogP contribution is 2.20. The van der Waals surface area contributed by atoms with Crippen molar-refractivity contribution in [1.82, 2.24) is 5.16 Å². The first kappa shape index (κ1) is 17.6. The molecule has 26 heavy (non-hydrogen) atoms. The third-order valence-corrected chi connectivity index (χ3v) is 3.84. The number of aromatic nitrogens is 1. The molecule has 0 saturated carbocycles. The third-order valence-electron chi connectivity index (χ3n) is 3.84. The minimum absolute atomic E-state index is 0.0987. The lowest BCUT2D eigenvalue weighted by Crippen LogP contribution is -2.13. The summed E-state index contributed by atoms with van der Waals surface area (Å²) in [6.07, 6.45) is 0. The number of anilines is 1. The van der Waals surface area contributed by atoms with Crippen molar-refractivity contribution in [3.05, 3.63) is 76.7 Å². The Morgan fingerprint density at radius 2 is 2.00 bits per heavy atom. The number of aryl methyl sites for hydroxylation is 2. The van der Waals surface area contributed by atoms with Crippen molar-refractivity contribution < 1.29 is 22.8 Å². The zero-order valence-electron chi connectivity index (χ0n) is 14.2. The van der Waals surface area contributed by atoms with Gasteiger partial charge in [0.25, 0.3) is 5.91 Å². The molecule has 0 fully saturated rings. The van der Waals surface area contributed by atoms with E-state index in [0.29, 0.717) is 17.6 Å². The molecule has 134 valence electrons. The number of nitrogens with zero attached hydrogens (tertiary/aromatic N) is 1. The van der Waals surface area contributed by atoms with Gasteiger partial charge >= 0.3 is 0 Å². The van der Waals surface area contributed by atoms with Gasteiger partial charge in [-0.25, -0.2) is 8.78 Å². The third kappa shape index (κ3) is 3.88. The van der Waals surface area contributed by atoms with E-state index in [9.17, 15) is 13.6 Å². The molecule has 3 aromatic rings. The molecular formula is C19H16F2N2O3. The molecule has 2 aromatic carbocycles. The first-order valence-corrected chi connectivity index (χ1v) is 7.85. The summed E-state index contributed by atoms with van der Waals surface area (Å²) in [7, 11) is 0. The summed E-state index contributed by atoms with van der Waals surface area (Å²) < 4.78 is 37.4. The Morgan fingerprint density at radius 1 is 1.19 bits per heavy atom. The van der Waals surface area contributed by atoms with Crippen LogP contribution < -0.4 is 10.1 Å². The lowest BCUT2D eigenvalue weighted by Gasteiger charge is -2.09. The van der Waals surface area contributed by atoms with Crippen LogP contribution in [0.4, 0.5) is 14.5 Å². The molecule has 1 heterocycles. The summed E-state index contributed by atoms with van der Waals surface area (Å²) in [5.74, 6) is -0.946. The molecule has 0 radical (unpaired) electrons. The van der Waals surface area contributed by atoms with Crippen molar-refractivity contribution in [3.8, 4) is 5.75 Å². The SMILES string of the molecule is Cc1noc(C)c1COc1cccc(C(=O)Nc2ccc(F)cc2F)c1. The van der Waals surface area contributed by atoms with Crippen LogP contribution in [0.1, 0.15) is 27.4 Å². The summed E-state index contributed by atoms with van der Waals surface area (Å²) in [5, 5.41) is 6.26. The standard InChI is InChI=1S/C19H16F2N2O3/c1-11-16(12(2)26-23-11)10-25-15-5-3-4-13(8-15)19(24)22-18-7-6-14(20)9-17(18)21/h3-9H,10H2,1-2H3,(H,22,24). The van der Waals surface area contributed by atoms with E-state index >= 15 is 0 Å². The molecule has 0 aliphatic heterocycles. The largest absolute Gasteiger partial charge is 0.489 e. The maximum absolute atomic E-state index is 13.7. The highest BCUT2D eigenvalue weighted by atomic mass is 19.1. The van der Waals surface area contributed by atoms with Gasteiger partial charge in [0.05, 0.1) is 16.9 Å². The molecule has 0 saturated heterocycles. The molecule has 0 spiro atoms. The Bertz CT molecular complexity index is 934. The maximum atomic E-state index is 13.7. The predicted octanol–water partition coefficient (Wildman–Crippen LogP) is 4.40. The lowest BCUT2D eigenvalue weighted by molar-refractivity contribution is 0.102. The van der Waals surface area contributed by atoms with Crippen LogP contribution in [0.25, 0.3) is 0 Å². The molecule has 0 aliphatic carbocycles. The second-order valence-electron chi connectivity index (χ2n) is 5.70. The van der Waals surface area contributed by atoms with Crippen LogP contribution in [0.5, 0.6) is 5.75 Å². The zero-order valence-corrected chi connectivity index (χ0v) is 14.2. The molecule has 0 atom stereocenters. The van der Waals surface area contributed by atoms with Gasteiger partial charge in [0.2, 0.25) is 0 Å². The number of carbonyl (C=O) groups excluding carboxylic acids is 1. The number of hydrogen-bond donors (Lipinski definition) is 1. The number of nitrogens with one attached hydrogen (secondary N) is 1. The monoisotopic (exact) mass is 358 g/mol. The fraction of sp³-hybridized carbons (Fsp3) is 0.158. The van der Waals surface area contributed by atoms with Crippen LogP contribution in [-0.4, -0.2) is 11.1 Å². The van der Waals surface area contributed by atoms with E-state index in [1.165, 1.54) is 12.1 Å². The summed E-state index contributed by atoms with van der Waals surface area (Å²) >= 11 is 0. The number of amides is 1. The summed E-state index contributed by atoms with van der Waals surface area (Å²) in [5.41, 5.74) is 1.76. The number of hydrogen-bond acceptors (Lipinski definition) is 4. The van der Waals surface area contributed by atoms with E-state index in [0.717, 1.165) is 17.3 Å². The van der Waals surface area contributed by atoms with Crippen molar-refractivity contribution in [2.75, 3.05) is 5.32 Å². The summed E-state index contributed by atoms with van der Waals surface area (Å²) in [4.78, 5) is 12.3. The first-order valence-electron chi connectivity index (χ1n) is 7.85. The van der Waals surface area contributed by atoms with Gasteiger partial charge in [-0.2, -0.15) is 0 Å². The fourth-order valence-corrected chi connectivity index (χ4v) is 2.38. The van der Waals surface area contributed by atoms with Crippen LogP contribution in [-0.2, 0) is 6.61 Å². The molecule has 1 N–H and O–H groups in total. The number of rotatable bonds is 5. The number of ether oxygens (including phenoxy) is 1. The number of carbonyl (C=O) groups is 1. The van der Waals surface area contributed by atoms with Gasteiger partial charge in [0.15, 0.2) is 0 Å². The van der Waals surface area contributed by atoms with E-state index in [1.54, 1.807) is 25.1 Å². The van der Waals surface area contributed by atoms with Gasteiger partial charge in [-0.1, -0.05) is 11.2 Å². The zero-order chi connectivity index (χ0) is 18.7. The lowest BCUT2D eigenvalue weighted by atomic mass is 10.2. The quantitative estimate of drug-likeness (QED) is 0.734. The minimum Gasteiger partial charge on any atom is -0.489 e. The van der Waals surface area contributed by atoms with Crippen LogP contribution >= 0.6 is 0 Å². The topological polar surface area (TPSA) is 64.4 Å². The fourth-order valence-electron chi connectivity index (χ4n) is 2.38. The Morgan fingerprint density at radius 3 is 2.69 bits per heavy atom. The van der Waals surface area contributed by atoms with Crippen LogP contribution in [0.15, 0.2) is 47.0 Å². The Hall–Kier alpha value is -3.22. The van der Waals surface area contributed by atoms with Gasteiger partial charge in [-0.15, -0.1) is 0 Å². The van der Waals surface area contributed by atoms with Gasteiger partial charge in [0.1, 0.15) is 29.8 Å². The minimum atomic E-state index is -0.843. The first-order chi connectivity index (χ1) is 12.4. The van der Waals surface area contributed by atoms with Crippen molar-refractivity contribution in [1.29, 1.82) is 0 Å². The van der Waals surface area contributed by atoms with Crippen LogP contribution in [0, 0.1) is 25.5 Å². The van der Waals surface area contributed by atoms with Gasteiger partial charge in [0, 0.05) is 11.6 Å². The smallest absolute Gasteiger partial charge is 0.255 e. The van der Waals surface area contributed by atoms with E-state index in [2.05, 4.69) is 10.5 Å². The van der Waals surface area contributed by atoms with Gasteiger partial charge in [-0.05, 0) is 44.2 Å². The van der Waals surface area contributed by atoms with Crippen molar-refractivity contribution >= 4 is 11.6 Å².